The summed E-state index contributed by atoms with van der Waals surface area (Å²) in [5.74, 6) is -0.117. The van der Waals surface area contributed by atoms with Gasteiger partial charge in [-0.3, -0.25) is 9.78 Å². The summed E-state index contributed by atoms with van der Waals surface area (Å²) in [6.45, 7) is 0. The second-order valence-electron chi connectivity index (χ2n) is 5.29. The normalized spacial score (nSPS) is 10.2. The van der Waals surface area contributed by atoms with E-state index in [-0.39, 0.29) is 5.91 Å². The van der Waals surface area contributed by atoms with Gasteiger partial charge in [0.15, 0.2) is 0 Å². The summed E-state index contributed by atoms with van der Waals surface area (Å²) in [7, 11) is 1.75. The van der Waals surface area contributed by atoms with Gasteiger partial charge in [-0.05, 0) is 42.5 Å². The van der Waals surface area contributed by atoms with E-state index in [1.807, 2.05) is 42.5 Å². The quantitative estimate of drug-likeness (QED) is 0.746. The second kappa shape index (κ2) is 7.15. The number of carbonyl (C=O) groups excluding carboxylic acids is 1. The monoisotopic (exact) mass is 337 g/mol. The van der Waals surface area contributed by atoms with E-state index in [0.29, 0.717) is 10.6 Å². The Kier molecular flexibility index (Phi) is 4.77. The molecule has 24 heavy (non-hydrogen) atoms. The molecule has 0 unspecified atom stereocenters. The van der Waals surface area contributed by atoms with Crippen molar-refractivity contribution in [3.05, 3.63) is 83.6 Å². The van der Waals surface area contributed by atoms with Crippen LogP contribution in [0.4, 0.5) is 17.1 Å². The Bertz CT molecular complexity index is 835. The van der Waals surface area contributed by atoms with Gasteiger partial charge in [0, 0.05) is 29.6 Å². The minimum Gasteiger partial charge on any atom is -0.354 e. The molecule has 0 bridgehead atoms. The maximum Gasteiger partial charge on any atom is 0.259 e. The largest absolute Gasteiger partial charge is 0.354 e. The van der Waals surface area contributed by atoms with Gasteiger partial charge in [0.05, 0.1) is 17.4 Å². The lowest BCUT2D eigenvalue weighted by Gasteiger charge is -2.17. The Labute approximate surface area is 145 Å². The Morgan fingerprint density at radius 2 is 1.71 bits per heavy atom. The van der Waals surface area contributed by atoms with Gasteiger partial charge in [0.1, 0.15) is 0 Å². The van der Waals surface area contributed by atoms with E-state index >= 15 is 0 Å². The van der Waals surface area contributed by atoms with E-state index in [2.05, 4.69) is 10.3 Å². The zero-order valence-corrected chi connectivity index (χ0v) is 13.9. The van der Waals surface area contributed by atoms with E-state index in [1.54, 1.807) is 42.5 Å². The highest BCUT2D eigenvalue weighted by molar-refractivity contribution is 6.30. The molecule has 3 aromatic rings. The first-order valence-corrected chi connectivity index (χ1v) is 7.82. The number of hydrogen-bond acceptors (Lipinski definition) is 3. The summed E-state index contributed by atoms with van der Waals surface area (Å²) in [5, 5.41) is 3.89. The summed E-state index contributed by atoms with van der Waals surface area (Å²) in [4.78, 5) is 18.4. The Balaban J connectivity index is 1.79. The van der Waals surface area contributed by atoms with Crippen molar-refractivity contribution in [2.75, 3.05) is 17.3 Å². The van der Waals surface area contributed by atoms with Crippen LogP contribution in [0.15, 0.2) is 73.1 Å². The van der Waals surface area contributed by atoms with Gasteiger partial charge in [-0.2, -0.15) is 0 Å². The highest BCUT2D eigenvalue weighted by atomic mass is 35.5. The molecule has 3 rings (SSSR count). The van der Waals surface area contributed by atoms with Gasteiger partial charge in [-0.25, -0.2) is 0 Å². The zero-order chi connectivity index (χ0) is 16.9. The Morgan fingerprint density at radius 1 is 1.00 bits per heavy atom. The molecule has 0 radical (unpaired) electrons. The molecule has 1 aromatic heterocycles. The lowest BCUT2D eigenvalue weighted by molar-refractivity contribution is 0.0992. The number of anilines is 3. The smallest absolute Gasteiger partial charge is 0.259 e. The molecule has 120 valence electrons. The summed E-state index contributed by atoms with van der Waals surface area (Å²) >= 11 is 5.88. The maximum absolute atomic E-state index is 12.6. The molecule has 0 saturated heterocycles. The van der Waals surface area contributed by atoms with Gasteiger partial charge in [-0.1, -0.05) is 29.8 Å². The van der Waals surface area contributed by atoms with Crippen molar-refractivity contribution in [1.82, 2.24) is 4.98 Å². The number of benzene rings is 2. The highest BCUT2D eigenvalue weighted by Crippen LogP contribution is 2.20. The van der Waals surface area contributed by atoms with Gasteiger partial charge < -0.3 is 10.2 Å². The number of hydrogen-bond donors (Lipinski definition) is 1. The van der Waals surface area contributed by atoms with E-state index in [4.69, 9.17) is 11.6 Å². The first-order valence-electron chi connectivity index (χ1n) is 7.44. The molecular weight excluding hydrogens is 322 g/mol. The molecule has 0 aliphatic rings. The third-order valence-electron chi connectivity index (χ3n) is 3.57. The minimum atomic E-state index is -0.117. The fourth-order valence-corrected chi connectivity index (χ4v) is 2.41. The van der Waals surface area contributed by atoms with Crippen LogP contribution in [0.3, 0.4) is 0 Å². The minimum absolute atomic E-state index is 0.117. The van der Waals surface area contributed by atoms with Crippen molar-refractivity contribution >= 4 is 34.6 Å². The van der Waals surface area contributed by atoms with Gasteiger partial charge in [0.25, 0.3) is 5.91 Å². The molecule has 0 fully saturated rings. The number of pyridine rings is 1. The molecule has 2 aromatic carbocycles. The first-order chi connectivity index (χ1) is 11.6. The van der Waals surface area contributed by atoms with Crippen molar-refractivity contribution in [1.29, 1.82) is 0 Å². The van der Waals surface area contributed by atoms with Crippen molar-refractivity contribution in [3.63, 3.8) is 0 Å². The number of para-hydroxylation sites is 1. The Hall–Kier alpha value is -2.85. The fourth-order valence-electron chi connectivity index (χ4n) is 2.29. The zero-order valence-electron chi connectivity index (χ0n) is 13.1. The average Bonchev–Trinajstić information content (AvgIpc) is 2.63. The Morgan fingerprint density at radius 3 is 2.42 bits per heavy atom. The summed E-state index contributed by atoms with van der Waals surface area (Å²) < 4.78 is 0. The van der Waals surface area contributed by atoms with Crippen molar-refractivity contribution < 1.29 is 4.79 Å². The molecule has 1 amide bonds. The lowest BCUT2D eigenvalue weighted by Crippen LogP contribution is -2.26. The van der Waals surface area contributed by atoms with Gasteiger partial charge >= 0.3 is 0 Å². The van der Waals surface area contributed by atoms with E-state index in [1.165, 1.54) is 0 Å². The van der Waals surface area contributed by atoms with Crippen LogP contribution in [0.1, 0.15) is 10.4 Å². The van der Waals surface area contributed by atoms with Crippen LogP contribution in [0.5, 0.6) is 0 Å². The third kappa shape index (κ3) is 3.73. The topological polar surface area (TPSA) is 45.2 Å². The van der Waals surface area contributed by atoms with Crippen LogP contribution in [0.25, 0.3) is 0 Å². The summed E-state index contributed by atoms with van der Waals surface area (Å²) in [6.07, 6.45) is 3.24. The number of nitrogens with one attached hydrogen (secondary N) is 1. The maximum atomic E-state index is 12.6. The summed E-state index contributed by atoms with van der Waals surface area (Å²) in [6, 6.07) is 18.6. The van der Waals surface area contributed by atoms with E-state index in [0.717, 1.165) is 17.1 Å². The number of nitrogens with zero attached hydrogens (tertiary/aromatic N) is 2. The van der Waals surface area contributed by atoms with Crippen LogP contribution >= 0.6 is 11.6 Å². The highest BCUT2D eigenvalue weighted by Gasteiger charge is 2.14. The number of amides is 1. The number of halogens is 1. The lowest BCUT2D eigenvalue weighted by atomic mass is 10.2. The summed E-state index contributed by atoms with van der Waals surface area (Å²) in [5.41, 5.74) is 2.96. The van der Waals surface area contributed by atoms with Crippen molar-refractivity contribution in [3.8, 4) is 0 Å². The predicted octanol–water partition coefficient (Wildman–Crippen LogP) is 4.76. The van der Waals surface area contributed by atoms with Crippen LogP contribution < -0.4 is 10.2 Å². The molecule has 0 aliphatic heterocycles. The van der Waals surface area contributed by atoms with E-state index < -0.39 is 0 Å². The SMILES string of the molecule is CN(C(=O)c1cncc(Nc2ccc(Cl)cc2)c1)c1ccccc1. The van der Waals surface area contributed by atoms with Gasteiger partial charge in [-0.15, -0.1) is 0 Å². The van der Waals surface area contributed by atoms with Crippen LogP contribution in [0, 0.1) is 0 Å². The van der Waals surface area contributed by atoms with Crippen LogP contribution in [-0.2, 0) is 0 Å². The van der Waals surface area contributed by atoms with Gasteiger partial charge in [0.2, 0.25) is 0 Å². The number of carbonyl (C=O) groups is 1. The number of aromatic nitrogens is 1. The molecule has 5 heteroatoms. The molecule has 0 atom stereocenters. The first kappa shape index (κ1) is 16.0. The predicted molar refractivity (Wildman–Crippen MR) is 98.1 cm³/mol. The molecular formula is C19H16ClN3O. The molecule has 0 saturated carbocycles. The number of rotatable bonds is 4. The van der Waals surface area contributed by atoms with Crippen LogP contribution in [0.2, 0.25) is 5.02 Å². The molecule has 0 aliphatic carbocycles. The molecule has 1 heterocycles. The second-order valence-corrected chi connectivity index (χ2v) is 5.73. The molecule has 4 nitrogen and oxygen atoms in total. The van der Waals surface area contributed by atoms with Crippen LogP contribution in [-0.4, -0.2) is 17.9 Å². The molecule has 0 spiro atoms. The fraction of sp³-hybridized carbons (Fsp3) is 0.0526. The van der Waals surface area contributed by atoms with Crippen molar-refractivity contribution in [2.45, 2.75) is 0 Å². The van der Waals surface area contributed by atoms with E-state index in [9.17, 15) is 4.79 Å². The standard InChI is InChI=1S/C19H16ClN3O/c1-23(18-5-3-2-4-6-18)19(24)14-11-17(13-21-12-14)22-16-9-7-15(20)8-10-16/h2-13,22H,1H3. The third-order valence-corrected chi connectivity index (χ3v) is 3.82. The average molecular weight is 338 g/mol. The molecule has 1 N–H and O–H groups in total. The van der Waals surface area contributed by atoms with Crippen molar-refractivity contribution in [2.24, 2.45) is 0 Å².